The number of rotatable bonds is 4. The van der Waals surface area contributed by atoms with Gasteiger partial charge in [0.1, 0.15) is 23.6 Å². The molecule has 2 N–H and O–H groups in total. The molecule has 3 aromatic heterocycles. The summed E-state index contributed by atoms with van der Waals surface area (Å²) in [5.41, 5.74) is 8.84. The third-order valence-corrected chi connectivity index (χ3v) is 6.87. The molecule has 9 heteroatoms. The van der Waals surface area contributed by atoms with E-state index in [0.717, 1.165) is 43.8 Å². The van der Waals surface area contributed by atoms with Crippen LogP contribution in [0.25, 0.3) is 31.7 Å². The monoisotopic (exact) mass is 434 g/mol. The van der Waals surface area contributed by atoms with Crippen LogP contribution in [-0.4, -0.2) is 50.8 Å². The smallest absolute Gasteiger partial charge is 0.246 e. The van der Waals surface area contributed by atoms with Gasteiger partial charge in [0.05, 0.1) is 28.1 Å². The zero-order valence-corrected chi connectivity index (χ0v) is 18.1. The quantitative estimate of drug-likeness (QED) is 0.493. The highest BCUT2D eigenvalue weighted by molar-refractivity contribution is 7.22. The van der Waals surface area contributed by atoms with Crippen molar-refractivity contribution < 1.29 is 9.53 Å². The molecular formula is C22H22N6O2S. The fraction of sp³-hybridized carbons (Fsp3) is 0.273. The fourth-order valence-corrected chi connectivity index (χ4v) is 5.35. The maximum absolute atomic E-state index is 12.0. The van der Waals surface area contributed by atoms with Gasteiger partial charge in [-0.3, -0.25) is 4.79 Å². The number of amides is 1. The van der Waals surface area contributed by atoms with Crippen molar-refractivity contribution in [1.82, 2.24) is 24.6 Å². The molecule has 4 heterocycles. The number of aromatic nitrogens is 4. The number of nitrogen functional groups attached to an aromatic ring is 1. The number of hydrogen-bond donors (Lipinski definition) is 1. The van der Waals surface area contributed by atoms with Gasteiger partial charge in [-0.25, -0.2) is 14.6 Å². The van der Waals surface area contributed by atoms with E-state index in [1.807, 2.05) is 17.7 Å². The first kappa shape index (κ1) is 19.5. The summed E-state index contributed by atoms with van der Waals surface area (Å²) in [6.45, 7) is 6.86. The molecule has 1 aliphatic rings. The Morgan fingerprint density at radius 3 is 2.97 bits per heavy atom. The van der Waals surface area contributed by atoms with Crippen molar-refractivity contribution in [2.24, 2.45) is 0 Å². The van der Waals surface area contributed by atoms with Gasteiger partial charge >= 0.3 is 0 Å². The first-order chi connectivity index (χ1) is 15.0. The lowest BCUT2D eigenvalue weighted by Crippen LogP contribution is -2.27. The van der Waals surface area contributed by atoms with Gasteiger partial charge in [0.15, 0.2) is 5.65 Å². The van der Waals surface area contributed by atoms with E-state index in [-0.39, 0.29) is 11.9 Å². The molecular weight excluding hydrogens is 412 g/mol. The van der Waals surface area contributed by atoms with E-state index >= 15 is 0 Å². The summed E-state index contributed by atoms with van der Waals surface area (Å²) >= 11 is 1.61. The number of carbonyl (C=O) groups excluding carboxylic acids is 1. The van der Waals surface area contributed by atoms with E-state index in [9.17, 15) is 4.79 Å². The zero-order valence-electron chi connectivity index (χ0n) is 17.3. The highest BCUT2D eigenvalue weighted by atomic mass is 32.1. The van der Waals surface area contributed by atoms with E-state index in [0.29, 0.717) is 24.6 Å². The lowest BCUT2D eigenvalue weighted by molar-refractivity contribution is -0.125. The van der Waals surface area contributed by atoms with Gasteiger partial charge in [0.2, 0.25) is 5.91 Å². The number of methoxy groups -OCH3 is 1. The number of benzene rings is 1. The third kappa shape index (κ3) is 3.12. The summed E-state index contributed by atoms with van der Waals surface area (Å²) in [6, 6.07) is 6.28. The normalized spacial score (nSPS) is 16.3. The molecule has 1 saturated heterocycles. The minimum Gasteiger partial charge on any atom is -0.495 e. The van der Waals surface area contributed by atoms with Crippen molar-refractivity contribution in [2.45, 2.75) is 19.4 Å². The number of likely N-dealkylation sites (tertiary alicyclic amines) is 1. The number of aryl methyl sites for hydroxylation is 1. The molecule has 0 aliphatic carbocycles. The van der Waals surface area contributed by atoms with Crippen molar-refractivity contribution >= 4 is 44.2 Å². The molecule has 1 aliphatic heterocycles. The Balaban J connectivity index is 1.66. The molecule has 1 amide bonds. The predicted molar refractivity (Wildman–Crippen MR) is 122 cm³/mol. The predicted octanol–water partition coefficient (Wildman–Crippen LogP) is 3.57. The number of nitrogens with two attached hydrogens (primary N) is 1. The highest BCUT2D eigenvalue weighted by Crippen LogP contribution is 2.42. The van der Waals surface area contributed by atoms with E-state index in [2.05, 4.69) is 28.7 Å². The van der Waals surface area contributed by atoms with Gasteiger partial charge in [-0.1, -0.05) is 12.6 Å². The third-order valence-electron chi connectivity index (χ3n) is 5.69. The second-order valence-electron chi connectivity index (χ2n) is 7.68. The van der Waals surface area contributed by atoms with E-state index in [1.54, 1.807) is 23.3 Å². The Bertz CT molecular complexity index is 1340. The minimum atomic E-state index is -0.0692. The molecule has 158 valence electrons. The topological polar surface area (TPSA) is 99.2 Å². The SMILES string of the molecule is C=CC(=O)N1CCC(n2nc(-c3cc4cc(C)cc(OC)c4s3)c3c(N)ncnc32)C1. The maximum Gasteiger partial charge on any atom is 0.246 e. The molecule has 5 rings (SSSR count). The maximum atomic E-state index is 12.0. The van der Waals surface area contributed by atoms with Gasteiger partial charge in [-0.2, -0.15) is 5.10 Å². The van der Waals surface area contributed by atoms with Crippen LogP contribution in [0, 0.1) is 6.92 Å². The van der Waals surface area contributed by atoms with Crippen molar-refractivity contribution in [1.29, 1.82) is 0 Å². The minimum absolute atomic E-state index is 0.0145. The molecule has 1 unspecified atom stereocenters. The number of hydrogen-bond acceptors (Lipinski definition) is 7. The van der Waals surface area contributed by atoms with Crippen molar-refractivity contribution in [2.75, 3.05) is 25.9 Å². The van der Waals surface area contributed by atoms with E-state index in [1.165, 1.54) is 12.4 Å². The summed E-state index contributed by atoms with van der Waals surface area (Å²) in [7, 11) is 1.68. The number of anilines is 1. The Hall–Kier alpha value is -3.46. The van der Waals surface area contributed by atoms with Crippen molar-refractivity contribution in [3.8, 4) is 16.3 Å². The average molecular weight is 435 g/mol. The molecule has 1 atom stereocenters. The molecule has 0 bridgehead atoms. The first-order valence-corrected chi connectivity index (χ1v) is 10.8. The van der Waals surface area contributed by atoms with Gasteiger partial charge in [-0.15, -0.1) is 11.3 Å². The van der Waals surface area contributed by atoms with Crippen LogP contribution in [0.1, 0.15) is 18.0 Å². The molecule has 8 nitrogen and oxygen atoms in total. The summed E-state index contributed by atoms with van der Waals surface area (Å²) < 4.78 is 8.54. The van der Waals surface area contributed by atoms with E-state index in [4.69, 9.17) is 15.6 Å². The van der Waals surface area contributed by atoms with Gasteiger partial charge < -0.3 is 15.4 Å². The van der Waals surface area contributed by atoms with Crippen LogP contribution >= 0.6 is 11.3 Å². The molecule has 4 aromatic rings. The van der Waals surface area contributed by atoms with Crippen LogP contribution in [0.2, 0.25) is 0 Å². The number of nitrogens with zero attached hydrogens (tertiary/aromatic N) is 5. The summed E-state index contributed by atoms with van der Waals surface area (Å²) in [4.78, 5) is 23.5. The number of carbonyl (C=O) groups is 1. The first-order valence-electron chi connectivity index (χ1n) is 9.98. The number of fused-ring (bicyclic) bond motifs is 2. The average Bonchev–Trinajstić information content (AvgIpc) is 3.48. The van der Waals surface area contributed by atoms with Gasteiger partial charge in [0.25, 0.3) is 0 Å². The summed E-state index contributed by atoms with van der Waals surface area (Å²) in [5.74, 6) is 1.16. The molecule has 0 spiro atoms. The molecule has 0 saturated carbocycles. The lowest BCUT2D eigenvalue weighted by Gasteiger charge is -2.14. The second kappa shape index (κ2) is 7.35. The Morgan fingerprint density at radius 1 is 1.35 bits per heavy atom. The molecule has 31 heavy (non-hydrogen) atoms. The molecule has 0 radical (unpaired) electrons. The van der Waals surface area contributed by atoms with Gasteiger partial charge in [0, 0.05) is 13.1 Å². The summed E-state index contributed by atoms with van der Waals surface area (Å²) in [5, 5.41) is 6.77. The van der Waals surface area contributed by atoms with Crippen LogP contribution < -0.4 is 10.5 Å². The summed E-state index contributed by atoms with van der Waals surface area (Å²) in [6.07, 6.45) is 3.60. The largest absolute Gasteiger partial charge is 0.495 e. The van der Waals surface area contributed by atoms with Crippen LogP contribution in [0.15, 0.2) is 37.2 Å². The molecule has 1 fully saturated rings. The molecule has 1 aromatic carbocycles. The Labute approximate surface area is 183 Å². The number of ether oxygens (including phenoxy) is 1. The fourth-order valence-electron chi connectivity index (χ4n) is 4.23. The van der Waals surface area contributed by atoms with Crippen molar-refractivity contribution in [3.05, 3.63) is 42.7 Å². The van der Waals surface area contributed by atoms with Crippen LogP contribution in [0.5, 0.6) is 5.75 Å². The standard InChI is InChI=1S/C22H22N6O2S/c1-4-17(29)27-6-5-14(10-27)28-22-18(21(23)24-11-25-22)19(26-28)16-9-13-7-12(2)8-15(30-3)20(13)31-16/h4,7-9,11,14H,1,5-6,10H2,2-3H3,(H2,23,24,25). The Kier molecular flexibility index (Phi) is 4.62. The van der Waals surface area contributed by atoms with Crippen LogP contribution in [0.4, 0.5) is 5.82 Å². The Morgan fingerprint density at radius 2 is 2.19 bits per heavy atom. The van der Waals surface area contributed by atoms with Crippen molar-refractivity contribution in [3.63, 3.8) is 0 Å². The van der Waals surface area contributed by atoms with Crippen LogP contribution in [0.3, 0.4) is 0 Å². The number of thiophene rings is 1. The van der Waals surface area contributed by atoms with Gasteiger partial charge in [-0.05, 0) is 42.5 Å². The lowest BCUT2D eigenvalue weighted by atomic mass is 10.1. The van der Waals surface area contributed by atoms with E-state index < -0.39 is 0 Å². The second-order valence-corrected chi connectivity index (χ2v) is 8.73. The zero-order chi connectivity index (χ0) is 21.7. The van der Waals surface area contributed by atoms with Crippen LogP contribution in [-0.2, 0) is 4.79 Å². The highest BCUT2D eigenvalue weighted by Gasteiger charge is 2.30.